The first-order chi connectivity index (χ1) is 13.8. The van der Waals surface area contributed by atoms with Gasteiger partial charge in [0.05, 0.1) is 10.6 Å². The van der Waals surface area contributed by atoms with Gasteiger partial charge in [-0.25, -0.2) is 4.39 Å². The van der Waals surface area contributed by atoms with Crippen molar-refractivity contribution in [2.24, 2.45) is 0 Å². The van der Waals surface area contributed by atoms with Gasteiger partial charge in [0.1, 0.15) is 28.6 Å². The van der Waals surface area contributed by atoms with Crippen LogP contribution in [0.2, 0.25) is 5.02 Å². The monoisotopic (exact) mass is 424 g/mol. The van der Waals surface area contributed by atoms with Crippen molar-refractivity contribution in [3.05, 3.63) is 70.2 Å². The van der Waals surface area contributed by atoms with E-state index in [-0.39, 0.29) is 39.9 Å². The molecule has 9 heteroatoms. The zero-order valence-electron chi connectivity index (χ0n) is 15.5. The van der Waals surface area contributed by atoms with Crippen molar-refractivity contribution < 1.29 is 27.2 Å². The van der Waals surface area contributed by atoms with E-state index in [9.17, 15) is 18.0 Å². The molecule has 0 bridgehead atoms. The number of benzene rings is 2. The maximum absolute atomic E-state index is 14.3. The fraction of sp³-hybridized carbons (Fsp3) is 0.200. The van der Waals surface area contributed by atoms with Crippen molar-refractivity contribution in [1.29, 1.82) is 0 Å². The van der Waals surface area contributed by atoms with Crippen LogP contribution in [0.1, 0.15) is 21.7 Å². The van der Waals surface area contributed by atoms with E-state index in [4.69, 9.17) is 16.1 Å². The van der Waals surface area contributed by atoms with Crippen molar-refractivity contribution in [3.8, 4) is 17.0 Å². The third kappa shape index (κ3) is 4.54. The highest BCUT2D eigenvalue weighted by atomic mass is 35.5. The lowest BCUT2D eigenvalue weighted by molar-refractivity contribution is -0.0499. The summed E-state index contributed by atoms with van der Waals surface area (Å²) in [7, 11) is 1.52. The number of nitrogens with zero attached hydrogens (tertiary/aromatic N) is 2. The smallest absolute Gasteiger partial charge is 0.387 e. The number of carbonyl (C=O) groups excluding carboxylic acids is 1. The Labute approximate surface area is 169 Å². The molecule has 152 valence electrons. The van der Waals surface area contributed by atoms with Gasteiger partial charge in [-0.05, 0) is 36.8 Å². The molecule has 1 heterocycles. The predicted molar refractivity (Wildman–Crippen MR) is 101 cm³/mol. The van der Waals surface area contributed by atoms with E-state index in [0.717, 1.165) is 0 Å². The summed E-state index contributed by atoms with van der Waals surface area (Å²) < 4.78 is 48.6. The maximum atomic E-state index is 14.3. The molecule has 29 heavy (non-hydrogen) atoms. The van der Waals surface area contributed by atoms with Crippen LogP contribution in [0.25, 0.3) is 11.3 Å². The van der Waals surface area contributed by atoms with Gasteiger partial charge in [-0.1, -0.05) is 35.0 Å². The summed E-state index contributed by atoms with van der Waals surface area (Å²) in [5.74, 6) is -0.943. The first-order valence-electron chi connectivity index (χ1n) is 8.47. The molecular formula is C20H16ClF3N2O3. The van der Waals surface area contributed by atoms with Crippen molar-refractivity contribution in [1.82, 2.24) is 10.1 Å². The number of ether oxygens (including phenoxy) is 1. The topological polar surface area (TPSA) is 55.6 Å². The summed E-state index contributed by atoms with van der Waals surface area (Å²) in [6.07, 6.45) is 0. The molecule has 0 fully saturated rings. The van der Waals surface area contributed by atoms with E-state index in [2.05, 4.69) is 9.89 Å². The second kappa shape index (κ2) is 8.57. The van der Waals surface area contributed by atoms with Crippen LogP contribution < -0.4 is 4.74 Å². The molecule has 3 rings (SSSR count). The van der Waals surface area contributed by atoms with Gasteiger partial charge in [0.2, 0.25) is 0 Å². The number of hydrogen-bond donors (Lipinski definition) is 0. The first kappa shape index (κ1) is 20.7. The number of aryl methyl sites for hydroxylation is 1. The van der Waals surface area contributed by atoms with Gasteiger partial charge in [0.25, 0.3) is 5.91 Å². The number of rotatable bonds is 6. The summed E-state index contributed by atoms with van der Waals surface area (Å²) in [5.41, 5.74) is 0.602. The summed E-state index contributed by atoms with van der Waals surface area (Å²) in [6, 6.07) is 10.1. The molecule has 0 aliphatic rings. The summed E-state index contributed by atoms with van der Waals surface area (Å²) >= 11 is 6.10. The molecule has 2 aromatic carbocycles. The van der Waals surface area contributed by atoms with Crippen LogP contribution in [0.3, 0.4) is 0 Å². The standard InChI is InChI=1S/C20H16ClF3N2O3/c1-11-16(18(25-29-11)17-14(21)7-4-8-15(17)22)19(27)26(2)10-12-5-3-6-13(9-12)28-20(23)24/h3-9,20H,10H2,1-2H3. The highest BCUT2D eigenvalue weighted by molar-refractivity contribution is 6.33. The van der Waals surface area contributed by atoms with E-state index < -0.39 is 18.3 Å². The molecular weight excluding hydrogens is 409 g/mol. The average Bonchev–Trinajstić information content (AvgIpc) is 3.02. The zero-order chi connectivity index (χ0) is 21.1. The highest BCUT2D eigenvalue weighted by Crippen LogP contribution is 2.34. The first-order valence-corrected chi connectivity index (χ1v) is 8.85. The van der Waals surface area contributed by atoms with E-state index in [1.165, 1.54) is 49.2 Å². The number of alkyl halides is 2. The third-order valence-electron chi connectivity index (χ3n) is 4.17. The average molecular weight is 425 g/mol. The molecule has 0 saturated carbocycles. The Morgan fingerprint density at radius 1 is 1.28 bits per heavy atom. The molecule has 0 spiro atoms. The molecule has 0 saturated heterocycles. The second-order valence-corrected chi connectivity index (χ2v) is 6.65. The molecule has 0 unspecified atom stereocenters. The molecule has 3 aromatic rings. The van der Waals surface area contributed by atoms with Crippen LogP contribution >= 0.6 is 11.6 Å². The molecule has 0 aliphatic heterocycles. The lowest BCUT2D eigenvalue weighted by Gasteiger charge is -2.18. The molecule has 0 radical (unpaired) electrons. The van der Waals surface area contributed by atoms with Crippen LogP contribution in [0.5, 0.6) is 5.75 Å². The lowest BCUT2D eigenvalue weighted by atomic mass is 10.0. The van der Waals surface area contributed by atoms with Crippen molar-refractivity contribution >= 4 is 17.5 Å². The fourth-order valence-corrected chi connectivity index (χ4v) is 3.13. The van der Waals surface area contributed by atoms with Crippen molar-refractivity contribution in [2.45, 2.75) is 20.1 Å². The summed E-state index contributed by atoms with van der Waals surface area (Å²) in [4.78, 5) is 14.4. The van der Waals surface area contributed by atoms with Gasteiger partial charge in [0, 0.05) is 13.6 Å². The van der Waals surface area contributed by atoms with Gasteiger partial charge < -0.3 is 14.2 Å². The van der Waals surface area contributed by atoms with E-state index in [1.54, 1.807) is 12.1 Å². The quantitative estimate of drug-likeness (QED) is 0.537. The van der Waals surface area contributed by atoms with Crippen molar-refractivity contribution in [3.63, 3.8) is 0 Å². The second-order valence-electron chi connectivity index (χ2n) is 6.25. The van der Waals surface area contributed by atoms with Gasteiger partial charge in [-0.15, -0.1) is 0 Å². The normalized spacial score (nSPS) is 11.0. The number of aromatic nitrogens is 1. The van der Waals surface area contributed by atoms with Crippen LogP contribution in [0.4, 0.5) is 13.2 Å². The Hall–Kier alpha value is -3.00. The van der Waals surface area contributed by atoms with E-state index >= 15 is 0 Å². The molecule has 5 nitrogen and oxygen atoms in total. The molecule has 1 amide bonds. The molecule has 0 atom stereocenters. The number of amides is 1. The van der Waals surface area contributed by atoms with Gasteiger partial charge in [0.15, 0.2) is 0 Å². The Morgan fingerprint density at radius 3 is 2.69 bits per heavy atom. The predicted octanol–water partition coefficient (Wildman–Crippen LogP) is 5.32. The summed E-state index contributed by atoms with van der Waals surface area (Å²) in [5, 5.41) is 3.90. The minimum Gasteiger partial charge on any atom is -0.435 e. The highest BCUT2D eigenvalue weighted by Gasteiger charge is 2.27. The Balaban J connectivity index is 1.89. The minimum atomic E-state index is -2.95. The number of hydrogen-bond acceptors (Lipinski definition) is 4. The fourth-order valence-electron chi connectivity index (χ4n) is 2.88. The molecule has 0 aliphatic carbocycles. The largest absolute Gasteiger partial charge is 0.435 e. The van der Waals surface area contributed by atoms with Gasteiger partial charge in [-0.3, -0.25) is 4.79 Å². The van der Waals surface area contributed by atoms with Crippen LogP contribution in [0.15, 0.2) is 47.0 Å². The minimum absolute atomic E-state index is 0.00256. The maximum Gasteiger partial charge on any atom is 0.387 e. The summed E-state index contributed by atoms with van der Waals surface area (Å²) in [6.45, 7) is -1.32. The SMILES string of the molecule is Cc1onc(-c2c(F)cccc2Cl)c1C(=O)N(C)Cc1cccc(OC(F)F)c1. The lowest BCUT2D eigenvalue weighted by Crippen LogP contribution is -2.27. The Morgan fingerprint density at radius 2 is 2.00 bits per heavy atom. The molecule has 1 aromatic heterocycles. The Kier molecular flexibility index (Phi) is 6.12. The van der Waals surface area contributed by atoms with Gasteiger partial charge >= 0.3 is 6.61 Å². The van der Waals surface area contributed by atoms with E-state index in [0.29, 0.717) is 5.56 Å². The van der Waals surface area contributed by atoms with Crippen LogP contribution in [-0.4, -0.2) is 29.6 Å². The van der Waals surface area contributed by atoms with Crippen molar-refractivity contribution in [2.75, 3.05) is 7.05 Å². The zero-order valence-corrected chi connectivity index (χ0v) is 16.2. The van der Waals surface area contributed by atoms with Crippen LogP contribution in [-0.2, 0) is 6.54 Å². The van der Waals surface area contributed by atoms with Gasteiger partial charge in [-0.2, -0.15) is 8.78 Å². The number of carbonyl (C=O) groups is 1. The van der Waals surface area contributed by atoms with Crippen LogP contribution in [0, 0.1) is 12.7 Å². The third-order valence-corrected chi connectivity index (χ3v) is 4.48. The van der Waals surface area contributed by atoms with E-state index in [1.807, 2.05) is 0 Å². The molecule has 0 N–H and O–H groups in total. The Bertz CT molecular complexity index is 1020. The number of halogens is 4.